The number of pyridine rings is 2. The number of piperidine rings is 1. The molecule has 0 N–H and O–H groups in total. The Kier molecular flexibility index (Phi) is 6.02. The highest BCUT2D eigenvalue weighted by molar-refractivity contribution is 5.94. The molecule has 1 aliphatic rings. The molecule has 166 valence electrons. The van der Waals surface area contributed by atoms with Crippen LogP contribution in [0.3, 0.4) is 0 Å². The van der Waals surface area contributed by atoms with Crippen molar-refractivity contribution in [2.24, 2.45) is 5.92 Å². The lowest BCUT2D eigenvalue weighted by Gasteiger charge is -2.32. The molecule has 0 bridgehead atoms. The first kappa shape index (κ1) is 21.7. The maximum absolute atomic E-state index is 12.7. The standard InChI is InChI=1S/C22H20F3N5O2/c23-22(24,25)19-3-1-17(13-27-19)21(32)29-11-7-15(8-12-29)14-30-20(31)4-2-18(28-30)16-5-9-26-10-6-16/h1-6,9-10,13,15H,7-8,11-12,14H2. The maximum atomic E-state index is 12.7. The number of alkyl halides is 3. The van der Waals surface area contributed by atoms with Crippen LogP contribution in [0.1, 0.15) is 28.9 Å². The lowest BCUT2D eigenvalue weighted by atomic mass is 9.96. The Bertz CT molecular complexity index is 1140. The molecule has 0 spiro atoms. The fourth-order valence-electron chi connectivity index (χ4n) is 3.69. The van der Waals surface area contributed by atoms with Gasteiger partial charge in [-0.15, -0.1) is 0 Å². The number of nitrogens with zero attached hydrogens (tertiary/aromatic N) is 5. The highest BCUT2D eigenvalue weighted by atomic mass is 19.4. The van der Waals surface area contributed by atoms with Crippen molar-refractivity contribution in [2.75, 3.05) is 13.1 Å². The van der Waals surface area contributed by atoms with Crippen LogP contribution in [0.25, 0.3) is 11.3 Å². The SMILES string of the molecule is O=C(c1ccc(C(F)(F)F)nc1)N1CCC(Cn2nc(-c3ccncc3)ccc2=O)CC1. The Morgan fingerprint density at radius 2 is 1.75 bits per heavy atom. The van der Waals surface area contributed by atoms with Gasteiger partial charge in [-0.2, -0.15) is 18.3 Å². The second kappa shape index (κ2) is 8.89. The maximum Gasteiger partial charge on any atom is 0.433 e. The molecule has 0 unspecified atom stereocenters. The molecular formula is C22H20F3N5O2. The van der Waals surface area contributed by atoms with E-state index in [2.05, 4.69) is 15.1 Å². The van der Waals surface area contributed by atoms with Crippen LogP contribution in [0, 0.1) is 5.92 Å². The Morgan fingerprint density at radius 3 is 2.38 bits per heavy atom. The van der Waals surface area contributed by atoms with Crippen LogP contribution in [0.5, 0.6) is 0 Å². The Morgan fingerprint density at radius 1 is 1.03 bits per heavy atom. The van der Waals surface area contributed by atoms with Crippen molar-refractivity contribution in [1.82, 2.24) is 24.6 Å². The van der Waals surface area contributed by atoms with Crippen molar-refractivity contribution >= 4 is 5.91 Å². The third-order valence-corrected chi connectivity index (χ3v) is 5.48. The first-order valence-corrected chi connectivity index (χ1v) is 10.1. The lowest BCUT2D eigenvalue weighted by Crippen LogP contribution is -2.40. The van der Waals surface area contributed by atoms with Gasteiger partial charge < -0.3 is 4.90 Å². The summed E-state index contributed by atoms with van der Waals surface area (Å²) in [4.78, 5) is 33.8. The third kappa shape index (κ3) is 4.84. The first-order valence-electron chi connectivity index (χ1n) is 10.1. The van der Waals surface area contributed by atoms with E-state index in [1.807, 2.05) is 12.1 Å². The molecule has 1 amide bonds. The van der Waals surface area contributed by atoms with E-state index < -0.39 is 11.9 Å². The summed E-state index contributed by atoms with van der Waals surface area (Å²) in [6.45, 7) is 1.33. The van der Waals surface area contributed by atoms with Crippen LogP contribution in [-0.2, 0) is 12.7 Å². The van der Waals surface area contributed by atoms with Gasteiger partial charge in [-0.05, 0) is 49.1 Å². The quantitative estimate of drug-likeness (QED) is 0.618. The first-order chi connectivity index (χ1) is 15.3. The van der Waals surface area contributed by atoms with Gasteiger partial charge in [0.25, 0.3) is 11.5 Å². The Labute approximate surface area is 181 Å². The van der Waals surface area contributed by atoms with Gasteiger partial charge in [0.1, 0.15) is 5.69 Å². The van der Waals surface area contributed by atoms with E-state index in [1.54, 1.807) is 23.4 Å². The molecule has 7 nitrogen and oxygen atoms in total. The van der Waals surface area contributed by atoms with Crippen molar-refractivity contribution in [1.29, 1.82) is 0 Å². The summed E-state index contributed by atoms with van der Waals surface area (Å²) in [6, 6.07) is 8.76. The van der Waals surface area contributed by atoms with Gasteiger partial charge in [0.05, 0.1) is 11.3 Å². The normalized spacial score (nSPS) is 15.0. The van der Waals surface area contributed by atoms with Crippen LogP contribution in [0.4, 0.5) is 13.2 Å². The molecule has 1 saturated heterocycles. The molecule has 10 heteroatoms. The number of amides is 1. The van der Waals surface area contributed by atoms with Crippen molar-refractivity contribution in [2.45, 2.75) is 25.6 Å². The summed E-state index contributed by atoms with van der Waals surface area (Å²) in [6.07, 6.45) is 1.06. The van der Waals surface area contributed by atoms with E-state index in [9.17, 15) is 22.8 Å². The molecule has 0 aliphatic carbocycles. The van der Waals surface area contributed by atoms with Gasteiger partial charge in [-0.3, -0.25) is 19.6 Å². The number of halogens is 3. The van der Waals surface area contributed by atoms with Gasteiger partial charge in [0.15, 0.2) is 0 Å². The summed E-state index contributed by atoms with van der Waals surface area (Å²) < 4.78 is 39.4. The van der Waals surface area contributed by atoms with Crippen LogP contribution in [0.15, 0.2) is 59.8 Å². The smallest absolute Gasteiger partial charge is 0.339 e. The largest absolute Gasteiger partial charge is 0.433 e. The minimum absolute atomic E-state index is 0.124. The van der Waals surface area contributed by atoms with Crippen LogP contribution < -0.4 is 5.56 Å². The Hall–Kier alpha value is -3.56. The van der Waals surface area contributed by atoms with E-state index in [-0.39, 0.29) is 22.9 Å². The zero-order chi connectivity index (χ0) is 22.7. The summed E-state index contributed by atoms with van der Waals surface area (Å²) in [5, 5.41) is 4.46. The molecule has 32 heavy (non-hydrogen) atoms. The van der Waals surface area contributed by atoms with Crippen LogP contribution >= 0.6 is 0 Å². The third-order valence-electron chi connectivity index (χ3n) is 5.48. The minimum Gasteiger partial charge on any atom is -0.339 e. The number of aromatic nitrogens is 4. The molecule has 4 heterocycles. The average Bonchev–Trinajstić information content (AvgIpc) is 2.81. The van der Waals surface area contributed by atoms with Crippen molar-refractivity contribution in [3.05, 3.63) is 76.6 Å². The number of carbonyl (C=O) groups is 1. The molecule has 0 saturated carbocycles. The van der Waals surface area contributed by atoms with E-state index in [4.69, 9.17) is 0 Å². The molecule has 0 radical (unpaired) electrons. The summed E-state index contributed by atoms with van der Waals surface area (Å²) in [5.74, 6) is -0.192. The van der Waals surface area contributed by atoms with Gasteiger partial charge in [0, 0.05) is 49.9 Å². The summed E-state index contributed by atoms with van der Waals surface area (Å²) in [5.41, 5.74) is 0.435. The fraction of sp³-hybridized carbons (Fsp3) is 0.318. The highest BCUT2D eigenvalue weighted by Gasteiger charge is 2.32. The molecule has 1 fully saturated rings. The summed E-state index contributed by atoms with van der Waals surface area (Å²) >= 11 is 0. The molecule has 0 aromatic carbocycles. The number of hydrogen-bond acceptors (Lipinski definition) is 5. The second-order valence-electron chi connectivity index (χ2n) is 7.64. The van der Waals surface area contributed by atoms with Gasteiger partial charge >= 0.3 is 6.18 Å². The molecule has 0 atom stereocenters. The molecular weight excluding hydrogens is 423 g/mol. The predicted octanol–water partition coefficient (Wildman–Crippen LogP) is 3.27. The van der Waals surface area contributed by atoms with E-state index in [0.29, 0.717) is 38.2 Å². The lowest BCUT2D eigenvalue weighted by molar-refractivity contribution is -0.141. The van der Waals surface area contributed by atoms with Gasteiger partial charge in [-0.1, -0.05) is 0 Å². The van der Waals surface area contributed by atoms with E-state index in [1.165, 1.54) is 10.7 Å². The number of carbonyl (C=O) groups excluding carboxylic acids is 1. The zero-order valence-electron chi connectivity index (χ0n) is 17.0. The van der Waals surface area contributed by atoms with Crippen LogP contribution in [0.2, 0.25) is 0 Å². The zero-order valence-corrected chi connectivity index (χ0v) is 17.0. The number of likely N-dealkylation sites (tertiary alicyclic amines) is 1. The van der Waals surface area contributed by atoms with Crippen molar-refractivity contribution in [3.8, 4) is 11.3 Å². The fourth-order valence-corrected chi connectivity index (χ4v) is 3.69. The molecule has 3 aromatic rings. The van der Waals surface area contributed by atoms with Crippen LogP contribution in [-0.4, -0.2) is 43.6 Å². The second-order valence-corrected chi connectivity index (χ2v) is 7.64. The van der Waals surface area contributed by atoms with Gasteiger partial charge in [0.2, 0.25) is 0 Å². The number of hydrogen-bond donors (Lipinski definition) is 0. The van der Waals surface area contributed by atoms with Crippen molar-refractivity contribution in [3.63, 3.8) is 0 Å². The Balaban J connectivity index is 1.38. The topological polar surface area (TPSA) is 81.0 Å². The predicted molar refractivity (Wildman–Crippen MR) is 110 cm³/mol. The molecule has 3 aromatic heterocycles. The molecule has 1 aliphatic heterocycles. The summed E-state index contributed by atoms with van der Waals surface area (Å²) in [7, 11) is 0. The van der Waals surface area contributed by atoms with Crippen molar-refractivity contribution < 1.29 is 18.0 Å². The van der Waals surface area contributed by atoms with Gasteiger partial charge in [-0.25, -0.2) is 4.68 Å². The minimum atomic E-state index is -4.54. The highest BCUT2D eigenvalue weighted by Crippen LogP contribution is 2.27. The monoisotopic (exact) mass is 443 g/mol. The average molecular weight is 443 g/mol. The number of rotatable bonds is 4. The molecule has 4 rings (SSSR count). The van der Waals surface area contributed by atoms with E-state index in [0.717, 1.165) is 23.9 Å². The van der Waals surface area contributed by atoms with E-state index >= 15 is 0 Å².